The Bertz CT molecular complexity index is 500. The van der Waals surface area contributed by atoms with Crippen LogP contribution in [-0.2, 0) is 10.0 Å². The number of nitrogens with two attached hydrogens (primary N) is 1. The van der Waals surface area contributed by atoms with Gasteiger partial charge in [0.2, 0.25) is 10.0 Å². The second-order valence-electron chi connectivity index (χ2n) is 4.10. The minimum Gasteiger partial charge on any atom is -0.495 e. The number of anilines is 1. The molecule has 0 aliphatic heterocycles. The number of rotatable bonds is 6. The number of nitrogens with zero attached hydrogens (tertiary/aromatic N) is 1. The third-order valence-corrected chi connectivity index (χ3v) is 3.83. The van der Waals surface area contributed by atoms with E-state index in [1.54, 1.807) is 0 Å². The van der Waals surface area contributed by atoms with Crippen LogP contribution in [0.25, 0.3) is 0 Å². The summed E-state index contributed by atoms with van der Waals surface area (Å²) in [7, 11) is 1.68. The summed E-state index contributed by atoms with van der Waals surface area (Å²) >= 11 is 0. The van der Waals surface area contributed by atoms with Crippen molar-refractivity contribution in [2.75, 3.05) is 40.0 Å². The zero-order valence-electron chi connectivity index (χ0n) is 10.8. The molecule has 0 spiro atoms. The maximum absolute atomic E-state index is 12.0. The quantitative estimate of drug-likeness (QED) is 0.719. The number of likely N-dealkylation sites (N-methyl/N-ethyl adjacent to an activating group) is 1. The molecule has 0 saturated carbocycles. The Morgan fingerprint density at radius 1 is 1.39 bits per heavy atom. The van der Waals surface area contributed by atoms with E-state index < -0.39 is 10.0 Å². The third kappa shape index (κ3) is 3.86. The van der Waals surface area contributed by atoms with Crippen LogP contribution in [0.2, 0.25) is 0 Å². The smallest absolute Gasteiger partial charge is 0.240 e. The average Bonchev–Trinajstić information content (AvgIpc) is 2.28. The van der Waals surface area contributed by atoms with E-state index in [0.717, 1.165) is 0 Å². The predicted molar refractivity (Wildman–Crippen MR) is 71.1 cm³/mol. The van der Waals surface area contributed by atoms with Crippen LogP contribution in [0, 0.1) is 0 Å². The largest absolute Gasteiger partial charge is 0.495 e. The van der Waals surface area contributed by atoms with Gasteiger partial charge < -0.3 is 15.4 Å². The molecule has 0 aliphatic carbocycles. The van der Waals surface area contributed by atoms with E-state index in [-0.39, 0.29) is 4.90 Å². The molecule has 0 radical (unpaired) electrons. The molecule has 0 aromatic heterocycles. The molecular formula is C11H19N3O3S. The Morgan fingerprint density at radius 2 is 2.06 bits per heavy atom. The fourth-order valence-corrected chi connectivity index (χ4v) is 2.38. The summed E-state index contributed by atoms with van der Waals surface area (Å²) < 4.78 is 31.4. The molecule has 3 N–H and O–H groups in total. The van der Waals surface area contributed by atoms with Crippen LogP contribution in [0.1, 0.15) is 0 Å². The van der Waals surface area contributed by atoms with E-state index in [0.29, 0.717) is 24.5 Å². The van der Waals surface area contributed by atoms with Gasteiger partial charge in [-0.05, 0) is 26.2 Å². The summed E-state index contributed by atoms with van der Waals surface area (Å²) in [5.41, 5.74) is 6.04. The number of methoxy groups -OCH3 is 1. The number of nitrogens with one attached hydrogen (secondary N) is 1. The molecule has 0 unspecified atom stereocenters. The predicted octanol–water partition coefficient (Wildman–Crippen LogP) is 0.117. The van der Waals surface area contributed by atoms with E-state index in [1.165, 1.54) is 25.3 Å². The Balaban J connectivity index is 2.85. The maximum Gasteiger partial charge on any atom is 0.240 e. The number of hydrogen-bond donors (Lipinski definition) is 2. The molecule has 7 heteroatoms. The molecule has 0 saturated heterocycles. The van der Waals surface area contributed by atoms with E-state index in [9.17, 15) is 8.42 Å². The Kier molecular flexibility index (Phi) is 4.94. The lowest BCUT2D eigenvalue weighted by molar-refractivity contribution is 0.411. The first kappa shape index (κ1) is 14.7. The number of benzene rings is 1. The molecule has 1 rings (SSSR count). The highest BCUT2D eigenvalue weighted by molar-refractivity contribution is 7.89. The number of nitrogen functional groups attached to an aromatic ring is 1. The molecule has 1 aromatic carbocycles. The molecule has 18 heavy (non-hydrogen) atoms. The van der Waals surface area contributed by atoms with Gasteiger partial charge in [0.1, 0.15) is 5.75 Å². The SMILES string of the molecule is COc1cc(S(=O)(=O)NCCN(C)C)ccc1N. The molecule has 0 fully saturated rings. The van der Waals surface area contributed by atoms with E-state index in [1.807, 2.05) is 19.0 Å². The maximum atomic E-state index is 12.0. The van der Waals surface area contributed by atoms with Gasteiger partial charge in [-0.15, -0.1) is 0 Å². The van der Waals surface area contributed by atoms with Crippen LogP contribution >= 0.6 is 0 Å². The summed E-state index contributed by atoms with van der Waals surface area (Å²) in [6.07, 6.45) is 0. The van der Waals surface area contributed by atoms with Gasteiger partial charge >= 0.3 is 0 Å². The molecule has 1 aromatic rings. The molecule has 0 atom stereocenters. The zero-order valence-corrected chi connectivity index (χ0v) is 11.6. The summed E-state index contributed by atoms with van der Waals surface area (Å²) in [5, 5.41) is 0. The lowest BCUT2D eigenvalue weighted by Crippen LogP contribution is -2.31. The number of ether oxygens (including phenoxy) is 1. The lowest BCUT2D eigenvalue weighted by Gasteiger charge is -2.12. The summed E-state index contributed by atoms with van der Waals surface area (Å²) in [5.74, 6) is 0.352. The highest BCUT2D eigenvalue weighted by atomic mass is 32.2. The van der Waals surface area contributed by atoms with Crippen molar-refractivity contribution in [3.8, 4) is 5.75 Å². The third-order valence-electron chi connectivity index (χ3n) is 2.37. The Labute approximate surface area is 108 Å². The van der Waals surface area contributed by atoms with E-state index in [4.69, 9.17) is 10.5 Å². The van der Waals surface area contributed by atoms with Gasteiger partial charge in [0.15, 0.2) is 0 Å². The number of hydrogen-bond acceptors (Lipinski definition) is 5. The summed E-state index contributed by atoms with van der Waals surface area (Å²) in [6, 6.07) is 4.38. The van der Waals surface area contributed by atoms with Crippen LogP contribution in [0.5, 0.6) is 5.75 Å². The van der Waals surface area contributed by atoms with Crippen molar-refractivity contribution in [3.63, 3.8) is 0 Å². The van der Waals surface area contributed by atoms with Crippen molar-refractivity contribution in [3.05, 3.63) is 18.2 Å². The standard InChI is InChI=1S/C11H19N3O3S/c1-14(2)7-6-13-18(15,16)9-4-5-10(12)11(8-9)17-3/h4-5,8,13H,6-7,12H2,1-3H3. The first-order valence-electron chi connectivity index (χ1n) is 5.44. The monoisotopic (exact) mass is 273 g/mol. The van der Waals surface area contributed by atoms with Gasteiger partial charge in [0, 0.05) is 19.2 Å². The average molecular weight is 273 g/mol. The van der Waals surface area contributed by atoms with Crippen molar-refractivity contribution in [1.29, 1.82) is 0 Å². The van der Waals surface area contributed by atoms with Crippen molar-refractivity contribution in [2.45, 2.75) is 4.90 Å². The van der Waals surface area contributed by atoms with Crippen LogP contribution < -0.4 is 15.2 Å². The number of sulfonamides is 1. The second kappa shape index (κ2) is 6.03. The first-order valence-corrected chi connectivity index (χ1v) is 6.93. The Hall–Kier alpha value is -1.31. The van der Waals surface area contributed by atoms with Crippen molar-refractivity contribution in [2.24, 2.45) is 0 Å². The molecule has 102 valence electrons. The van der Waals surface area contributed by atoms with Crippen molar-refractivity contribution in [1.82, 2.24) is 9.62 Å². The minimum absolute atomic E-state index is 0.146. The van der Waals surface area contributed by atoms with Gasteiger partial charge in [0.05, 0.1) is 17.7 Å². The first-order chi connectivity index (χ1) is 8.36. The van der Waals surface area contributed by atoms with Gasteiger partial charge in [-0.1, -0.05) is 0 Å². The van der Waals surface area contributed by atoms with Crippen LogP contribution in [0.3, 0.4) is 0 Å². The summed E-state index contributed by atoms with van der Waals surface area (Å²) in [4.78, 5) is 2.04. The highest BCUT2D eigenvalue weighted by Crippen LogP contribution is 2.24. The van der Waals surface area contributed by atoms with Gasteiger partial charge in [-0.3, -0.25) is 0 Å². The van der Waals surface area contributed by atoms with Crippen LogP contribution in [0.4, 0.5) is 5.69 Å². The highest BCUT2D eigenvalue weighted by Gasteiger charge is 2.15. The topological polar surface area (TPSA) is 84.7 Å². The lowest BCUT2D eigenvalue weighted by atomic mass is 10.3. The molecule has 0 aliphatic rings. The van der Waals surface area contributed by atoms with Crippen molar-refractivity contribution < 1.29 is 13.2 Å². The zero-order chi connectivity index (χ0) is 13.8. The molecule has 0 bridgehead atoms. The fraction of sp³-hybridized carbons (Fsp3) is 0.455. The minimum atomic E-state index is -3.52. The van der Waals surface area contributed by atoms with Crippen molar-refractivity contribution >= 4 is 15.7 Å². The van der Waals surface area contributed by atoms with Gasteiger partial charge in [0.25, 0.3) is 0 Å². The van der Waals surface area contributed by atoms with Crippen LogP contribution in [0.15, 0.2) is 23.1 Å². The van der Waals surface area contributed by atoms with E-state index >= 15 is 0 Å². The normalized spacial score (nSPS) is 11.8. The summed E-state index contributed by atoms with van der Waals surface area (Å²) in [6.45, 7) is 0.980. The van der Waals surface area contributed by atoms with Crippen LogP contribution in [-0.4, -0.2) is 47.6 Å². The molecule has 0 amide bonds. The van der Waals surface area contributed by atoms with Gasteiger partial charge in [-0.25, -0.2) is 13.1 Å². The fourth-order valence-electron chi connectivity index (χ4n) is 1.35. The van der Waals surface area contributed by atoms with Gasteiger partial charge in [-0.2, -0.15) is 0 Å². The molecular weight excluding hydrogens is 254 g/mol. The second-order valence-corrected chi connectivity index (χ2v) is 5.87. The molecule has 0 heterocycles. The Morgan fingerprint density at radius 3 is 2.61 bits per heavy atom. The molecule has 6 nitrogen and oxygen atoms in total. The van der Waals surface area contributed by atoms with E-state index in [2.05, 4.69) is 4.72 Å².